The maximum absolute atomic E-state index is 12.6. The first-order valence-electron chi connectivity index (χ1n) is 7.80. The van der Waals surface area contributed by atoms with Gasteiger partial charge in [-0.2, -0.15) is 5.06 Å². The molecule has 1 atom stereocenters. The molecule has 1 heterocycles. The van der Waals surface area contributed by atoms with Crippen molar-refractivity contribution in [1.82, 2.24) is 0 Å². The maximum atomic E-state index is 12.6. The number of rotatable bonds is 3. The van der Waals surface area contributed by atoms with Crippen LogP contribution in [0.1, 0.15) is 11.7 Å². The lowest BCUT2D eigenvalue weighted by Crippen LogP contribution is -2.31. The Bertz CT molecular complexity index is 822. The van der Waals surface area contributed by atoms with E-state index in [-0.39, 0.29) is 12.3 Å². The van der Waals surface area contributed by atoms with Crippen molar-refractivity contribution >= 4 is 17.5 Å². The van der Waals surface area contributed by atoms with Crippen LogP contribution in [0.25, 0.3) is 0 Å². The first kappa shape index (κ1) is 14.3. The average Bonchev–Trinajstić information content (AvgIpc) is 3.01. The van der Waals surface area contributed by atoms with Crippen LogP contribution >= 0.6 is 0 Å². The molecular weight excluding hydrogens is 300 g/mol. The van der Waals surface area contributed by atoms with Gasteiger partial charge >= 0.3 is 6.09 Å². The number of amides is 1. The Morgan fingerprint density at radius 2 is 1.17 bits per heavy atom. The Kier molecular flexibility index (Phi) is 3.63. The number of hydroxylamine groups is 1. The molecule has 1 aliphatic rings. The lowest BCUT2D eigenvalue weighted by Gasteiger charge is -2.27. The zero-order valence-corrected chi connectivity index (χ0v) is 12.9. The SMILES string of the molecule is O=C1ON(c2ccccc2)[C@@H](c2ccccc2)N1c1ccccc1. The summed E-state index contributed by atoms with van der Waals surface area (Å²) in [6.45, 7) is 0. The maximum Gasteiger partial charge on any atom is 0.440 e. The number of hydrogen-bond acceptors (Lipinski definition) is 3. The van der Waals surface area contributed by atoms with Crippen molar-refractivity contribution < 1.29 is 9.63 Å². The van der Waals surface area contributed by atoms with Crippen LogP contribution in [-0.4, -0.2) is 6.09 Å². The van der Waals surface area contributed by atoms with Gasteiger partial charge in [-0.1, -0.05) is 66.7 Å². The summed E-state index contributed by atoms with van der Waals surface area (Å²) in [6, 6.07) is 29.1. The summed E-state index contributed by atoms with van der Waals surface area (Å²) in [5.74, 6) is 0. The minimum absolute atomic E-state index is 0.358. The van der Waals surface area contributed by atoms with Crippen LogP contribution in [0.15, 0.2) is 91.0 Å². The topological polar surface area (TPSA) is 32.8 Å². The zero-order chi connectivity index (χ0) is 16.4. The Labute approximate surface area is 140 Å². The van der Waals surface area contributed by atoms with Crippen LogP contribution in [0.2, 0.25) is 0 Å². The lowest BCUT2D eigenvalue weighted by molar-refractivity contribution is 0.164. The Morgan fingerprint density at radius 3 is 1.75 bits per heavy atom. The molecule has 3 aromatic rings. The molecular formula is C20H16N2O2. The van der Waals surface area contributed by atoms with Gasteiger partial charge in [0, 0.05) is 5.69 Å². The van der Waals surface area contributed by atoms with E-state index in [1.807, 2.05) is 91.0 Å². The second-order valence-corrected chi connectivity index (χ2v) is 5.51. The van der Waals surface area contributed by atoms with Crippen molar-refractivity contribution in [2.45, 2.75) is 6.17 Å². The standard InChI is InChI=1S/C20H16N2O2/c23-20-21(17-12-6-2-7-13-17)19(16-10-4-1-5-11-16)22(24-20)18-14-8-3-9-15-18/h1-15,19H/t19-/m0/s1. The highest BCUT2D eigenvalue weighted by atomic mass is 16.7. The van der Waals surface area contributed by atoms with Gasteiger partial charge in [0.25, 0.3) is 0 Å². The molecule has 1 aliphatic heterocycles. The molecule has 4 heteroatoms. The van der Waals surface area contributed by atoms with Crippen molar-refractivity contribution in [3.8, 4) is 0 Å². The van der Waals surface area contributed by atoms with Crippen molar-refractivity contribution in [2.24, 2.45) is 0 Å². The van der Waals surface area contributed by atoms with E-state index in [2.05, 4.69) is 0 Å². The molecule has 1 saturated heterocycles. The lowest BCUT2D eigenvalue weighted by atomic mass is 10.1. The predicted octanol–water partition coefficient (Wildman–Crippen LogP) is 4.76. The van der Waals surface area contributed by atoms with Gasteiger partial charge in [-0.3, -0.25) is 0 Å². The first-order chi connectivity index (χ1) is 11.8. The number of anilines is 2. The molecule has 1 amide bonds. The number of hydrogen-bond donors (Lipinski definition) is 0. The summed E-state index contributed by atoms with van der Waals surface area (Å²) in [6.07, 6.45) is -0.748. The van der Waals surface area contributed by atoms with E-state index in [1.54, 1.807) is 9.96 Å². The van der Waals surface area contributed by atoms with Gasteiger partial charge in [0.15, 0.2) is 6.17 Å². The molecule has 0 saturated carbocycles. The first-order valence-corrected chi connectivity index (χ1v) is 7.80. The van der Waals surface area contributed by atoms with Gasteiger partial charge in [0.2, 0.25) is 0 Å². The summed E-state index contributed by atoms with van der Waals surface area (Å²) in [5.41, 5.74) is 2.61. The van der Waals surface area contributed by atoms with E-state index >= 15 is 0 Å². The fourth-order valence-corrected chi connectivity index (χ4v) is 2.90. The van der Waals surface area contributed by atoms with Crippen molar-refractivity contribution in [2.75, 3.05) is 9.96 Å². The smallest absolute Gasteiger partial charge is 0.319 e. The Morgan fingerprint density at radius 1 is 0.667 bits per heavy atom. The van der Waals surface area contributed by atoms with Crippen LogP contribution in [0.5, 0.6) is 0 Å². The normalized spacial score (nSPS) is 17.0. The minimum Gasteiger partial charge on any atom is -0.319 e. The van der Waals surface area contributed by atoms with E-state index < -0.39 is 0 Å². The predicted molar refractivity (Wildman–Crippen MR) is 93.5 cm³/mol. The third kappa shape index (κ3) is 2.48. The molecule has 3 aromatic carbocycles. The van der Waals surface area contributed by atoms with Gasteiger partial charge in [-0.05, 0) is 29.8 Å². The molecule has 118 valence electrons. The molecule has 4 rings (SSSR count). The third-order valence-electron chi connectivity index (χ3n) is 3.98. The molecule has 0 aliphatic carbocycles. The number of para-hydroxylation sites is 2. The number of benzene rings is 3. The molecule has 0 aromatic heterocycles. The summed E-state index contributed by atoms with van der Waals surface area (Å²) in [7, 11) is 0. The van der Waals surface area contributed by atoms with Crippen molar-refractivity contribution in [3.63, 3.8) is 0 Å². The van der Waals surface area contributed by atoms with Crippen LogP contribution in [-0.2, 0) is 4.84 Å². The van der Waals surface area contributed by atoms with E-state index in [1.165, 1.54) is 0 Å². The van der Waals surface area contributed by atoms with Crippen molar-refractivity contribution in [1.29, 1.82) is 0 Å². The number of nitrogens with zero attached hydrogens (tertiary/aromatic N) is 2. The fourth-order valence-electron chi connectivity index (χ4n) is 2.90. The second-order valence-electron chi connectivity index (χ2n) is 5.51. The quantitative estimate of drug-likeness (QED) is 0.698. The second kappa shape index (κ2) is 6.08. The monoisotopic (exact) mass is 316 g/mol. The van der Waals surface area contributed by atoms with Gasteiger partial charge in [0.1, 0.15) is 0 Å². The van der Waals surface area contributed by atoms with E-state index in [4.69, 9.17) is 4.84 Å². The summed E-state index contributed by atoms with van der Waals surface area (Å²) in [5, 5.41) is 1.66. The van der Waals surface area contributed by atoms with Crippen molar-refractivity contribution in [3.05, 3.63) is 96.6 Å². The zero-order valence-electron chi connectivity index (χ0n) is 12.9. The summed E-state index contributed by atoms with van der Waals surface area (Å²) < 4.78 is 0. The molecule has 0 spiro atoms. The van der Waals surface area contributed by atoms with E-state index in [0.29, 0.717) is 0 Å². The van der Waals surface area contributed by atoms with Crippen LogP contribution < -0.4 is 9.96 Å². The fraction of sp³-hybridized carbons (Fsp3) is 0.0500. The van der Waals surface area contributed by atoms with Gasteiger partial charge in [-0.25, -0.2) is 9.69 Å². The highest BCUT2D eigenvalue weighted by Gasteiger charge is 2.42. The Balaban J connectivity index is 1.83. The highest BCUT2D eigenvalue weighted by molar-refractivity contribution is 5.92. The van der Waals surface area contributed by atoms with Crippen LogP contribution in [0.3, 0.4) is 0 Å². The highest BCUT2D eigenvalue weighted by Crippen LogP contribution is 2.39. The minimum atomic E-state index is -0.390. The van der Waals surface area contributed by atoms with E-state index in [0.717, 1.165) is 16.9 Å². The van der Waals surface area contributed by atoms with Crippen LogP contribution in [0.4, 0.5) is 16.2 Å². The van der Waals surface area contributed by atoms with E-state index in [9.17, 15) is 4.79 Å². The number of carbonyl (C=O) groups is 1. The van der Waals surface area contributed by atoms with Gasteiger partial charge in [0.05, 0.1) is 5.69 Å². The number of carbonyl (C=O) groups excluding carboxylic acids is 1. The Hall–Kier alpha value is -3.27. The molecule has 0 radical (unpaired) electrons. The molecule has 1 fully saturated rings. The van der Waals surface area contributed by atoms with Gasteiger partial charge in [-0.15, -0.1) is 0 Å². The van der Waals surface area contributed by atoms with Crippen LogP contribution in [0, 0.1) is 0 Å². The summed E-state index contributed by atoms with van der Waals surface area (Å²) in [4.78, 5) is 19.9. The molecule has 4 nitrogen and oxygen atoms in total. The average molecular weight is 316 g/mol. The van der Waals surface area contributed by atoms with Gasteiger partial charge < -0.3 is 4.84 Å². The summed E-state index contributed by atoms with van der Waals surface area (Å²) >= 11 is 0. The molecule has 0 N–H and O–H groups in total. The molecule has 0 unspecified atom stereocenters. The molecule has 24 heavy (non-hydrogen) atoms. The molecule has 0 bridgehead atoms. The third-order valence-corrected chi connectivity index (χ3v) is 3.98. The largest absolute Gasteiger partial charge is 0.440 e.